The first kappa shape index (κ1) is 22.4. The summed E-state index contributed by atoms with van der Waals surface area (Å²) in [6, 6.07) is 1.29. The van der Waals surface area contributed by atoms with Crippen molar-refractivity contribution in [1.82, 2.24) is 14.9 Å². The molecule has 0 radical (unpaired) electrons. The van der Waals surface area contributed by atoms with Gasteiger partial charge in [-0.3, -0.25) is 4.90 Å². The van der Waals surface area contributed by atoms with Crippen molar-refractivity contribution in [3.05, 3.63) is 53.0 Å². The largest absolute Gasteiger partial charge is 0.494 e. The van der Waals surface area contributed by atoms with E-state index in [1.54, 1.807) is 6.08 Å². The van der Waals surface area contributed by atoms with Gasteiger partial charge < -0.3 is 20.9 Å². The molecule has 0 atom stereocenters. The van der Waals surface area contributed by atoms with Crippen LogP contribution in [-0.2, 0) is 6.61 Å². The number of halogens is 2. The van der Waals surface area contributed by atoms with Crippen LogP contribution >= 0.6 is 0 Å². The monoisotopic (exact) mass is 432 g/mol. The molecule has 0 aliphatic carbocycles. The lowest BCUT2D eigenvalue weighted by Gasteiger charge is -2.14. The second-order valence-corrected chi connectivity index (χ2v) is 7.25. The number of aliphatic imine (C=N–C) groups is 1. The van der Waals surface area contributed by atoms with Crippen molar-refractivity contribution < 1.29 is 18.3 Å². The number of nitrogens with zero attached hydrogens (tertiary/aromatic N) is 4. The van der Waals surface area contributed by atoms with Crippen molar-refractivity contribution in [3.8, 4) is 11.5 Å². The summed E-state index contributed by atoms with van der Waals surface area (Å²) in [4.78, 5) is 14.4. The quantitative estimate of drug-likeness (QED) is 0.487. The summed E-state index contributed by atoms with van der Waals surface area (Å²) < 4.78 is 38.9. The lowest BCUT2D eigenvalue weighted by molar-refractivity contribution is 0.285. The molecule has 1 fully saturated rings. The first-order valence-electron chi connectivity index (χ1n) is 9.86. The third-order valence-electron chi connectivity index (χ3n) is 4.82. The topological polar surface area (TPSA) is 112 Å². The number of ether oxygens (including phenoxy) is 2. The van der Waals surface area contributed by atoms with E-state index in [9.17, 15) is 8.78 Å². The van der Waals surface area contributed by atoms with Crippen LogP contribution in [0.25, 0.3) is 0 Å². The van der Waals surface area contributed by atoms with E-state index in [-0.39, 0.29) is 41.0 Å². The summed E-state index contributed by atoms with van der Waals surface area (Å²) in [6.07, 6.45) is 6.63. The zero-order chi connectivity index (χ0) is 22.4. The summed E-state index contributed by atoms with van der Waals surface area (Å²) in [5, 5.41) is 0. The number of aromatic nitrogens is 2. The molecule has 1 aliphatic heterocycles. The van der Waals surface area contributed by atoms with Crippen LogP contribution in [0.4, 0.5) is 14.7 Å². The van der Waals surface area contributed by atoms with Gasteiger partial charge in [-0.1, -0.05) is 0 Å². The molecule has 1 saturated heterocycles. The van der Waals surface area contributed by atoms with Crippen molar-refractivity contribution in [1.29, 1.82) is 0 Å². The molecule has 4 N–H and O–H groups in total. The van der Waals surface area contributed by atoms with Crippen LogP contribution in [0.1, 0.15) is 24.0 Å². The van der Waals surface area contributed by atoms with Gasteiger partial charge >= 0.3 is 0 Å². The third-order valence-corrected chi connectivity index (χ3v) is 4.82. The minimum atomic E-state index is -0.807. The maximum Gasteiger partial charge on any atom is 0.251 e. The first-order valence-corrected chi connectivity index (χ1v) is 9.86. The molecule has 1 aromatic carbocycles. The second kappa shape index (κ2) is 10.2. The minimum Gasteiger partial charge on any atom is -0.494 e. The van der Waals surface area contributed by atoms with Crippen molar-refractivity contribution in [2.45, 2.75) is 26.4 Å². The highest BCUT2D eigenvalue weighted by atomic mass is 19.1. The van der Waals surface area contributed by atoms with Gasteiger partial charge in [0.25, 0.3) is 5.95 Å². The maximum absolute atomic E-state index is 14.3. The SMILES string of the molecule is COc1cc(C)c(F)c(COc2cnc(/N=C(N)\C=C(/N)CN3CCCC3)nc2)c1F. The molecule has 0 unspecified atom stereocenters. The number of methoxy groups -OCH3 is 1. The number of nitrogens with two attached hydrogens (primary N) is 2. The van der Waals surface area contributed by atoms with Crippen LogP contribution in [-0.4, -0.2) is 47.4 Å². The van der Waals surface area contributed by atoms with E-state index in [1.165, 1.54) is 45.3 Å². The van der Waals surface area contributed by atoms with Gasteiger partial charge in [-0.25, -0.2) is 18.7 Å². The zero-order valence-corrected chi connectivity index (χ0v) is 17.6. The fraction of sp³-hybridized carbons (Fsp3) is 0.381. The molecule has 0 saturated carbocycles. The van der Waals surface area contributed by atoms with Gasteiger partial charge in [-0.2, -0.15) is 4.99 Å². The van der Waals surface area contributed by atoms with Crippen LogP contribution in [0.15, 0.2) is 35.2 Å². The van der Waals surface area contributed by atoms with Crippen LogP contribution in [0.5, 0.6) is 11.5 Å². The molecule has 8 nitrogen and oxygen atoms in total. The van der Waals surface area contributed by atoms with E-state index >= 15 is 0 Å². The summed E-state index contributed by atoms with van der Waals surface area (Å²) >= 11 is 0. The van der Waals surface area contributed by atoms with Crippen molar-refractivity contribution in [2.24, 2.45) is 16.5 Å². The molecular formula is C21H26F2N6O2. The van der Waals surface area contributed by atoms with E-state index < -0.39 is 11.6 Å². The molecule has 0 spiro atoms. The average Bonchev–Trinajstić information content (AvgIpc) is 3.24. The van der Waals surface area contributed by atoms with Crippen molar-refractivity contribution in [3.63, 3.8) is 0 Å². The Balaban J connectivity index is 1.63. The Kier molecular flexibility index (Phi) is 7.35. The van der Waals surface area contributed by atoms with Gasteiger partial charge in [-0.05, 0) is 44.5 Å². The number of aryl methyl sites for hydroxylation is 1. The van der Waals surface area contributed by atoms with E-state index in [4.69, 9.17) is 20.9 Å². The first-order chi connectivity index (χ1) is 14.9. The standard InChI is InChI=1S/C21H26F2N6O2/c1-13-7-17(30-2)20(23)16(19(13)22)12-31-15-9-26-21(27-10-15)28-18(25)8-14(24)11-29-5-3-4-6-29/h7-10H,3-6,11-12,24H2,1-2H3,(H2,25,26,27,28)/b14-8-. The van der Waals surface area contributed by atoms with Crippen molar-refractivity contribution in [2.75, 3.05) is 26.7 Å². The number of rotatable bonds is 8. The molecule has 2 aromatic rings. The minimum absolute atomic E-state index is 0.0500. The van der Waals surface area contributed by atoms with Crippen LogP contribution in [0.2, 0.25) is 0 Å². The lowest BCUT2D eigenvalue weighted by atomic mass is 10.1. The number of hydrogen-bond donors (Lipinski definition) is 2. The molecule has 2 heterocycles. The Hall–Kier alpha value is -3.27. The van der Waals surface area contributed by atoms with Gasteiger partial charge in [0.05, 0.1) is 25.1 Å². The Bertz CT molecular complexity index is 973. The van der Waals surface area contributed by atoms with Crippen LogP contribution < -0.4 is 20.9 Å². The predicted octanol–water partition coefficient (Wildman–Crippen LogP) is 2.58. The molecule has 1 aliphatic rings. The lowest BCUT2D eigenvalue weighted by Crippen LogP contribution is -2.26. The number of hydrogen-bond acceptors (Lipinski definition) is 7. The molecule has 0 bridgehead atoms. The van der Waals surface area contributed by atoms with Crippen LogP contribution in [0, 0.1) is 18.6 Å². The Labute approximate surface area is 179 Å². The maximum atomic E-state index is 14.3. The Morgan fingerprint density at radius 2 is 1.87 bits per heavy atom. The van der Waals surface area contributed by atoms with Gasteiger partial charge in [0.2, 0.25) is 0 Å². The second-order valence-electron chi connectivity index (χ2n) is 7.25. The number of likely N-dealkylation sites (tertiary alicyclic amines) is 1. The highest BCUT2D eigenvalue weighted by Crippen LogP contribution is 2.27. The van der Waals surface area contributed by atoms with Crippen molar-refractivity contribution >= 4 is 11.8 Å². The molecule has 3 rings (SSSR count). The summed E-state index contributed by atoms with van der Waals surface area (Å²) in [7, 11) is 1.31. The molecule has 31 heavy (non-hydrogen) atoms. The summed E-state index contributed by atoms with van der Waals surface area (Å²) in [5.74, 6) is -1.02. The van der Waals surface area contributed by atoms with Crippen LogP contribution in [0.3, 0.4) is 0 Å². The molecular weight excluding hydrogens is 406 g/mol. The predicted molar refractivity (Wildman–Crippen MR) is 113 cm³/mol. The Morgan fingerprint density at radius 1 is 1.19 bits per heavy atom. The highest BCUT2D eigenvalue weighted by molar-refractivity contribution is 5.93. The van der Waals surface area contributed by atoms with E-state index in [0.717, 1.165) is 13.1 Å². The highest BCUT2D eigenvalue weighted by Gasteiger charge is 2.18. The molecule has 10 heteroatoms. The molecule has 1 aromatic heterocycles. The van der Waals surface area contributed by atoms with Gasteiger partial charge in [0.1, 0.15) is 18.3 Å². The molecule has 0 amide bonds. The van der Waals surface area contributed by atoms with Gasteiger partial charge in [-0.15, -0.1) is 0 Å². The fourth-order valence-corrected chi connectivity index (χ4v) is 3.26. The van der Waals surface area contributed by atoms with Gasteiger partial charge in [0.15, 0.2) is 17.3 Å². The fourth-order valence-electron chi connectivity index (χ4n) is 3.26. The number of benzene rings is 1. The smallest absolute Gasteiger partial charge is 0.251 e. The normalized spacial score (nSPS) is 15.4. The summed E-state index contributed by atoms with van der Waals surface area (Å²) in [6.45, 7) is 3.87. The summed E-state index contributed by atoms with van der Waals surface area (Å²) in [5.41, 5.74) is 12.5. The van der Waals surface area contributed by atoms with E-state index in [0.29, 0.717) is 12.2 Å². The van der Waals surface area contributed by atoms with E-state index in [1.807, 2.05) is 0 Å². The zero-order valence-electron chi connectivity index (χ0n) is 17.6. The average molecular weight is 432 g/mol. The van der Waals surface area contributed by atoms with E-state index in [2.05, 4.69) is 19.9 Å². The molecule has 166 valence electrons. The Morgan fingerprint density at radius 3 is 2.52 bits per heavy atom. The third kappa shape index (κ3) is 5.88. The van der Waals surface area contributed by atoms with Gasteiger partial charge in [0, 0.05) is 18.3 Å². The number of amidine groups is 1.